The Morgan fingerprint density at radius 3 is 2.77 bits per heavy atom. The lowest BCUT2D eigenvalue weighted by molar-refractivity contribution is 0.0993. The summed E-state index contributed by atoms with van der Waals surface area (Å²) in [6, 6.07) is 3.72. The molecule has 0 fully saturated rings. The van der Waals surface area contributed by atoms with Crippen molar-refractivity contribution in [3.8, 4) is 0 Å². The number of pyridine rings is 1. The van der Waals surface area contributed by atoms with Crippen LogP contribution < -0.4 is 5.32 Å². The molecule has 0 spiro atoms. The van der Waals surface area contributed by atoms with Crippen LogP contribution in [-0.4, -0.2) is 24.4 Å². The van der Waals surface area contributed by atoms with Gasteiger partial charge in [-0.2, -0.15) is 0 Å². The summed E-state index contributed by atoms with van der Waals surface area (Å²) in [5.74, 6) is 0.0812. The number of hydrogen-bond donors (Lipinski definition) is 1. The van der Waals surface area contributed by atoms with E-state index in [1.54, 1.807) is 13.2 Å². The minimum absolute atomic E-state index is 0.0812. The molecule has 0 unspecified atom stereocenters. The standard InChI is InChI=1S/C10H14N2O/c1-3-9-5-4-8(6-12-9)10(13)7-11-2/h4-6,11H,3,7H2,1-2H3. The first-order valence-corrected chi connectivity index (χ1v) is 4.40. The number of hydrogen-bond acceptors (Lipinski definition) is 3. The third-order valence-corrected chi connectivity index (χ3v) is 1.85. The average Bonchev–Trinajstić information content (AvgIpc) is 2.18. The molecule has 1 heterocycles. The van der Waals surface area contributed by atoms with E-state index in [0.717, 1.165) is 12.1 Å². The van der Waals surface area contributed by atoms with E-state index >= 15 is 0 Å². The van der Waals surface area contributed by atoms with E-state index in [-0.39, 0.29) is 5.78 Å². The van der Waals surface area contributed by atoms with Crippen molar-refractivity contribution in [3.63, 3.8) is 0 Å². The van der Waals surface area contributed by atoms with Gasteiger partial charge in [-0.1, -0.05) is 6.92 Å². The van der Waals surface area contributed by atoms with Crippen LogP contribution in [0, 0.1) is 0 Å². The van der Waals surface area contributed by atoms with Gasteiger partial charge in [-0.15, -0.1) is 0 Å². The molecule has 0 radical (unpaired) electrons. The van der Waals surface area contributed by atoms with E-state index in [4.69, 9.17) is 0 Å². The quantitative estimate of drug-likeness (QED) is 0.701. The monoisotopic (exact) mass is 178 g/mol. The lowest BCUT2D eigenvalue weighted by atomic mass is 10.1. The number of ketones is 1. The van der Waals surface area contributed by atoms with Crippen LogP contribution in [0.5, 0.6) is 0 Å². The molecular formula is C10H14N2O. The summed E-state index contributed by atoms with van der Waals surface area (Å²) in [4.78, 5) is 15.5. The molecule has 1 N–H and O–H groups in total. The van der Waals surface area contributed by atoms with Gasteiger partial charge in [0.1, 0.15) is 0 Å². The van der Waals surface area contributed by atoms with Crippen LogP contribution in [0.4, 0.5) is 0 Å². The predicted molar refractivity (Wildman–Crippen MR) is 51.9 cm³/mol. The Kier molecular flexibility index (Phi) is 3.58. The van der Waals surface area contributed by atoms with Gasteiger partial charge >= 0.3 is 0 Å². The molecule has 0 atom stereocenters. The number of Topliss-reactive ketones (excluding diaryl/α,β-unsaturated/α-hetero) is 1. The average molecular weight is 178 g/mol. The van der Waals surface area contributed by atoms with Crippen LogP contribution in [0.1, 0.15) is 23.0 Å². The van der Waals surface area contributed by atoms with Crippen molar-refractivity contribution < 1.29 is 4.79 Å². The zero-order valence-electron chi connectivity index (χ0n) is 8.00. The first-order chi connectivity index (χ1) is 6.27. The highest BCUT2D eigenvalue weighted by molar-refractivity contribution is 5.97. The molecule has 13 heavy (non-hydrogen) atoms. The maximum atomic E-state index is 11.3. The van der Waals surface area contributed by atoms with Crippen molar-refractivity contribution >= 4 is 5.78 Å². The molecule has 1 aromatic heterocycles. The van der Waals surface area contributed by atoms with Gasteiger partial charge in [0, 0.05) is 17.5 Å². The zero-order valence-corrected chi connectivity index (χ0v) is 8.00. The third-order valence-electron chi connectivity index (χ3n) is 1.85. The van der Waals surface area contributed by atoms with Gasteiger partial charge in [0.15, 0.2) is 5.78 Å². The van der Waals surface area contributed by atoms with E-state index in [1.807, 2.05) is 19.1 Å². The minimum atomic E-state index is 0.0812. The number of likely N-dealkylation sites (N-methyl/N-ethyl adjacent to an activating group) is 1. The van der Waals surface area contributed by atoms with Crippen molar-refractivity contribution in [1.29, 1.82) is 0 Å². The van der Waals surface area contributed by atoms with Crippen molar-refractivity contribution in [2.24, 2.45) is 0 Å². The van der Waals surface area contributed by atoms with Crippen LogP contribution in [0.3, 0.4) is 0 Å². The fourth-order valence-electron chi connectivity index (χ4n) is 1.06. The van der Waals surface area contributed by atoms with Gasteiger partial charge in [0.2, 0.25) is 0 Å². The van der Waals surface area contributed by atoms with Crippen LogP contribution in [0.2, 0.25) is 0 Å². The van der Waals surface area contributed by atoms with Crippen LogP contribution in [0.15, 0.2) is 18.3 Å². The second-order valence-electron chi connectivity index (χ2n) is 2.85. The lowest BCUT2D eigenvalue weighted by Gasteiger charge is -2.00. The lowest BCUT2D eigenvalue weighted by Crippen LogP contribution is -2.18. The van der Waals surface area contributed by atoms with Crippen molar-refractivity contribution in [2.45, 2.75) is 13.3 Å². The van der Waals surface area contributed by atoms with Gasteiger partial charge in [-0.25, -0.2) is 0 Å². The molecule has 0 saturated carbocycles. The number of aryl methyl sites for hydroxylation is 1. The van der Waals surface area contributed by atoms with Crippen molar-refractivity contribution in [2.75, 3.05) is 13.6 Å². The first-order valence-electron chi connectivity index (χ1n) is 4.40. The number of carbonyl (C=O) groups is 1. The normalized spacial score (nSPS) is 10.0. The highest BCUT2D eigenvalue weighted by atomic mass is 16.1. The maximum Gasteiger partial charge on any atom is 0.178 e. The molecule has 0 aliphatic heterocycles. The van der Waals surface area contributed by atoms with Gasteiger partial charge < -0.3 is 5.32 Å². The smallest absolute Gasteiger partial charge is 0.178 e. The first kappa shape index (κ1) is 9.86. The molecular weight excluding hydrogens is 164 g/mol. The van der Waals surface area contributed by atoms with E-state index in [2.05, 4.69) is 10.3 Å². The second-order valence-corrected chi connectivity index (χ2v) is 2.85. The molecule has 0 amide bonds. The summed E-state index contributed by atoms with van der Waals surface area (Å²) in [5, 5.41) is 2.82. The molecule has 3 heteroatoms. The molecule has 70 valence electrons. The molecule has 0 aromatic carbocycles. The van der Waals surface area contributed by atoms with E-state index < -0.39 is 0 Å². The summed E-state index contributed by atoms with van der Waals surface area (Å²) in [6.07, 6.45) is 2.54. The SMILES string of the molecule is CCc1ccc(C(=O)CNC)cn1. The van der Waals surface area contributed by atoms with Gasteiger partial charge in [-0.3, -0.25) is 9.78 Å². The number of nitrogens with one attached hydrogen (secondary N) is 1. The Balaban J connectivity index is 2.74. The summed E-state index contributed by atoms with van der Waals surface area (Å²) in [7, 11) is 1.76. The summed E-state index contributed by atoms with van der Waals surface area (Å²) < 4.78 is 0. The van der Waals surface area contributed by atoms with Crippen molar-refractivity contribution in [3.05, 3.63) is 29.6 Å². The van der Waals surface area contributed by atoms with Crippen LogP contribution in [-0.2, 0) is 6.42 Å². The van der Waals surface area contributed by atoms with E-state index in [9.17, 15) is 4.79 Å². The Bertz CT molecular complexity index is 279. The molecule has 0 bridgehead atoms. The Hall–Kier alpha value is -1.22. The summed E-state index contributed by atoms with van der Waals surface area (Å²) >= 11 is 0. The molecule has 3 nitrogen and oxygen atoms in total. The molecule has 1 aromatic rings. The zero-order chi connectivity index (χ0) is 9.68. The maximum absolute atomic E-state index is 11.3. The minimum Gasteiger partial charge on any atom is -0.313 e. The fourth-order valence-corrected chi connectivity index (χ4v) is 1.06. The Morgan fingerprint density at radius 2 is 2.31 bits per heavy atom. The number of nitrogens with zero attached hydrogens (tertiary/aromatic N) is 1. The number of aromatic nitrogens is 1. The van der Waals surface area contributed by atoms with Crippen molar-refractivity contribution in [1.82, 2.24) is 10.3 Å². The van der Waals surface area contributed by atoms with Crippen LogP contribution in [0.25, 0.3) is 0 Å². The predicted octanol–water partition coefficient (Wildman–Crippen LogP) is 1.05. The highest BCUT2D eigenvalue weighted by Crippen LogP contribution is 2.01. The Labute approximate surface area is 78.2 Å². The van der Waals surface area contributed by atoms with E-state index in [1.165, 1.54) is 0 Å². The second kappa shape index (κ2) is 4.72. The molecule has 0 aliphatic rings. The molecule has 0 saturated heterocycles. The largest absolute Gasteiger partial charge is 0.313 e. The van der Waals surface area contributed by atoms with Gasteiger partial charge in [0.25, 0.3) is 0 Å². The van der Waals surface area contributed by atoms with Crippen LogP contribution >= 0.6 is 0 Å². The molecule has 0 aliphatic carbocycles. The third kappa shape index (κ3) is 2.63. The molecule has 1 rings (SSSR count). The Morgan fingerprint density at radius 1 is 1.54 bits per heavy atom. The van der Waals surface area contributed by atoms with Gasteiger partial charge in [-0.05, 0) is 25.6 Å². The number of carbonyl (C=O) groups excluding carboxylic acids is 1. The summed E-state index contributed by atoms with van der Waals surface area (Å²) in [6.45, 7) is 2.41. The van der Waals surface area contributed by atoms with E-state index in [0.29, 0.717) is 12.1 Å². The summed E-state index contributed by atoms with van der Waals surface area (Å²) in [5.41, 5.74) is 1.69. The number of rotatable bonds is 4. The fraction of sp³-hybridized carbons (Fsp3) is 0.400. The van der Waals surface area contributed by atoms with Gasteiger partial charge in [0.05, 0.1) is 6.54 Å². The highest BCUT2D eigenvalue weighted by Gasteiger charge is 2.03. The topological polar surface area (TPSA) is 42.0 Å².